The molecule has 11 heteroatoms. The van der Waals surface area contributed by atoms with Crippen LogP contribution in [0.2, 0.25) is 0 Å². The van der Waals surface area contributed by atoms with Crippen molar-refractivity contribution >= 4 is 17.1 Å². The van der Waals surface area contributed by atoms with Crippen LogP contribution in [0.15, 0.2) is 46.1 Å². The van der Waals surface area contributed by atoms with Crippen molar-refractivity contribution in [3.8, 4) is 11.4 Å². The van der Waals surface area contributed by atoms with Crippen molar-refractivity contribution in [2.75, 3.05) is 6.61 Å². The van der Waals surface area contributed by atoms with Gasteiger partial charge in [0.05, 0.1) is 18.5 Å². The predicted molar refractivity (Wildman–Crippen MR) is 129 cm³/mol. The molecular weight excluding hydrogens is 452 g/mol. The Morgan fingerprint density at radius 1 is 1.09 bits per heavy atom. The first-order chi connectivity index (χ1) is 17.0. The Balaban J connectivity index is 1.73. The van der Waals surface area contributed by atoms with Crippen molar-refractivity contribution in [2.45, 2.75) is 53.3 Å². The second-order valence-corrected chi connectivity index (χ2v) is 7.84. The van der Waals surface area contributed by atoms with E-state index in [2.05, 4.69) is 15.1 Å². The number of hydrogen-bond acceptors (Lipinski definition) is 7. The lowest BCUT2D eigenvalue weighted by atomic mass is 10.3. The summed E-state index contributed by atoms with van der Waals surface area (Å²) in [6.07, 6.45) is 3.26. The zero-order valence-corrected chi connectivity index (χ0v) is 20.0. The first-order valence-electron chi connectivity index (χ1n) is 11.7. The van der Waals surface area contributed by atoms with E-state index < -0.39 is 17.2 Å². The fourth-order valence-electron chi connectivity index (χ4n) is 3.85. The number of aryl methyl sites for hydroxylation is 2. The molecule has 3 aromatic heterocycles. The summed E-state index contributed by atoms with van der Waals surface area (Å²) in [5.41, 5.74) is 0.429. The first-order valence-corrected chi connectivity index (χ1v) is 11.7. The molecule has 1 aromatic carbocycles. The van der Waals surface area contributed by atoms with E-state index >= 15 is 0 Å². The molecule has 184 valence electrons. The number of aromatic amines is 1. The number of fused-ring (bicyclic) bond motifs is 1. The number of imidazole rings is 1. The largest absolute Gasteiger partial charge is 0.481 e. The van der Waals surface area contributed by atoms with Crippen molar-refractivity contribution in [2.24, 2.45) is 0 Å². The molecule has 0 unspecified atom stereocenters. The summed E-state index contributed by atoms with van der Waals surface area (Å²) in [6, 6.07) is 9.31. The van der Waals surface area contributed by atoms with Gasteiger partial charge in [0, 0.05) is 13.1 Å². The van der Waals surface area contributed by atoms with E-state index in [4.69, 9.17) is 9.47 Å². The van der Waals surface area contributed by atoms with E-state index in [1.807, 2.05) is 44.2 Å². The third kappa shape index (κ3) is 4.75. The summed E-state index contributed by atoms with van der Waals surface area (Å²) < 4.78 is 15.9. The maximum atomic E-state index is 12.6. The second kappa shape index (κ2) is 10.4. The number of carbonyl (C=O) groups excluding carboxylic acids is 1. The number of ether oxygens (including phenoxy) is 2. The average Bonchev–Trinajstić information content (AvgIpc) is 3.45. The minimum absolute atomic E-state index is 0.0348. The van der Waals surface area contributed by atoms with Gasteiger partial charge in [-0.3, -0.25) is 14.3 Å². The molecule has 0 amide bonds. The molecule has 3 heterocycles. The Morgan fingerprint density at radius 3 is 2.54 bits per heavy atom. The molecule has 0 aliphatic rings. The van der Waals surface area contributed by atoms with Crippen molar-refractivity contribution in [1.82, 2.24) is 28.9 Å². The van der Waals surface area contributed by atoms with Crippen LogP contribution >= 0.6 is 0 Å². The van der Waals surface area contributed by atoms with Crippen LogP contribution in [0.1, 0.15) is 49.9 Å². The Kier molecular flexibility index (Phi) is 7.14. The molecule has 11 nitrogen and oxygen atoms in total. The van der Waals surface area contributed by atoms with E-state index in [-0.39, 0.29) is 24.7 Å². The minimum Gasteiger partial charge on any atom is -0.481 e. The summed E-state index contributed by atoms with van der Waals surface area (Å²) >= 11 is 0. The van der Waals surface area contributed by atoms with Crippen LogP contribution < -0.4 is 16.0 Å². The Bertz CT molecular complexity index is 1450. The normalized spacial score (nSPS) is 11.2. The van der Waals surface area contributed by atoms with Gasteiger partial charge < -0.3 is 14.0 Å². The molecule has 0 radical (unpaired) electrons. The topological polar surface area (TPSA) is 126 Å². The zero-order valence-electron chi connectivity index (χ0n) is 20.0. The zero-order chi connectivity index (χ0) is 24.9. The molecular formula is C24H28N6O5. The molecule has 0 spiro atoms. The monoisotopic (exact) mass is 480 g/mol. The number of hydrogen-bond donors (Lipinski definition) is 1. The number of para-hydroxylation sites is 1. The third-order valence-electron chi connectivity index (χ3n) is 5.54. The molecule has 4 aromatic rings. The summed E-state index contributed by atoms with van der Waals surface area (Å²) in [5.74, 6) is 0.0661. The SMILES string of the molecule is CCCCn1c(=O)[nH]c(=O)c2c1nc(COc1cn(-c3ccccc3)nc1C(=O)OCC)n2CC. The predicted octanol–water partition coefficient (Wildman–Crippen LogP) is 2.65. The molecule has 0 saturated heterocycles. The number of esters is 1. The Hall–Kier alpha value is -4.15. The van der Waals surface area contributed by atoms with Gasteiger partial charge in [0.25, 0.3) is 5.56 Å². The smallest absolute Gasteiger partial charge is 0.362 e. The molecule has 0 atom stereocenters. The van der Waals surface area contributed by atoms with Gasteiger partial charge in [-0.25, -0.2) is 19.3 Å². The highest BCUT2D eigenvalue weighted by Crippen LogP contribution is 2.23. The highest BCUT2D eigenvalue weighted by molar-refractivity contribution is 5.90. The second-order valence-electron chi connectivity index (χ2n) is 7.84. The maximum absolute atomic E-state index is 12.6. The standard InChI is InChI=1S/C24H28N6O5/c1-4-7-13-29-21-20(22(31)26-24(29)33)28(5-2)18(25-21)15-35-17-14-30(16-11-9-8-10-12-16)27-19(17)23(32)34-6-3/h8-12,14H,4-7,13,15H2,1-3H3,(H,26,31,33). The molecule has 0 fully saturated rings. The van der Waals surface area contributed by atoms with Gasteiger partial charge in [0.15, 0.2) is 16.9 Å². The lowest BCUT2D eigenvalue weighted by Gasteiger charge is -2.08. The number of nitrogens with zero attached hydrogens (tertiary/aromatic N) is 5. The van der Waals surface area contributed by atoms with Gasteiger partial charge in [-0.2, -0.15) is 5.10 Å². The molecule has 4 rings (SSSR count). The lowest BCUT2D eigenvalue weighted by molar-refractivity contribution is 0.0513. The van der Waals surface area contributed by atoms with Crippen LogP contribution in [0.5, 0.6) is 5.75 Å². The van der Waals surface area contributed by atoms with E-state index in [0.29, 0.717) is 30.1 Å². The minimum atomic E-state index is -0.606. The fraction of sp³-hybridized carbons (Fsp3) is 0.375. The molecule has 0 saturated carbocycles. The van der Waals surface area contributed by atoms with Crippen LogP contribution in [0, 0.1) is 0 Å². The van der Waals surface area contributed by atoms with E-state index in [1.54, 1.807) is 17.7 Å². The molecule has 0 aliphatic carbocycles. The van der Waals surface area contributed by atoms with Gasteiger partial charge in [0.2, 0.25) is 5.69 Å². The fourth-order valence-corrected chi connectivity index (χ4v) is 3.85. The van der Waals surface area contributed by atoms with Crippen molar-refractivity contribution in [3.05, 3.63) is 68.9 Å². The van der Waals surface area contributed by atoms with Gasteiger partial charge in [0.1, 0.15) is 12.4 Å². The lowest BCUT2D eigenvalue weighted by Crippen LogP contribution is -2.31. The number of H-pyrrole nitrogens is 1. The summed E-state index contributed by atoms with van der Waals surface area (Å²) in [6.45, 7) is 6.65. The van der Waals surface area contributed by atoms with Crippen LogP contribution in [-0.4, -0.2) is 41.5 Å². The third-order valence-corrected chi connectivity index (χ3v) is 5.54. The number of unbranched alkanes of at least 4 members (excludes halogenated alkanes) is 1. The summed E-state index contributed by atoms with van der Waals surface area (Å²) in [7, 11) is 0. The summed E-state index contributed by atoms with van der Waals surface area (Å²) in [5, 5.41) is 4.36. The van der Waals surface area contributed by atoms with Gasteiger partial charge >= 0.3 is 11.7 Å². The van der Waals surface area contributed by atoms with Crippen LogP contribution in [0.3, 0.4) is 0 Å². The number of rotatable bonds is 10. The quantitative estimate of drug-likeness (QED) is 0.346. The van der Waals surface area contributed by atoms with Crippen LogP contribution in [0.4, 0.5) is 0 Å². The number of aromatic nitrogens is 6. The van der Waals surface area contributed by atoms with Gasteiger partial charge in [-0.05, 0) is 32.4 Å². The molecule has 0 bridgehead atoms. The highest BCUT2D eigenvalue weighted by Gasteiger charge is 2.22. The van der Waals surface area contributed by atoms with Crippen molar-refractivity contribution in [1.29, 1.82) is 0 Å². The summed E-state index contributed by atoms with van der Waals surface area (Å²) in [4.78, 5) is 44.6. The number of nitrogens with one attached hydrogen (secondary N) is 1. The van der Waals surface area contributed by atoms with Crippen LogP contribution in [0.25, 0.3) is 16.9 Å². The number of carbonyl (C=O) groups is 1. The van der Waals surface area contributed by atoms with E-state index in [1.165, 1.54) is 9.25 Å². The van der Waals surface area contributed by atoms with E-state index in [0.717, 1.165) is 18.5 Å². The van der Waals surface area contributed by atoms with Crippen molar-refractivity contribution in [3.63, 3.8) is 0 Å². The van der Waals surface area contributed by atoms with Crippen molar-refractivity contribution < 1.29 is 14.3 Å². The maximum Gasteiger partial charge on any atom is 0.362 e. The average molecular weight is 481 g/mol. The van der Waals surface area contributed by atoms with Crippen LogP contribution in [-0.2, 0) is 24.4 Å². The Morgan fingerprint density at radius 2 is 1.86 bits per heavy atom. The van der Waals surface area contributed by atoms with E-state index in [9.17, 15) is 14.4 Å². The molecule has 35 heavy (non-hydrogen) atoms. The van der Waals surface area contributed by atoms with Gasteiger partial charge in [-0.15, -0.1) is 0 Å². The Labute approximate surface area is 200 Å². The molecule has 0 aliphatic heterocycles. The molecule has 1 N–H and O–H groups in total. The number of benzene rings is 1. The first kappa shape index (κ1) is 24.0. The van der Waals surface area contributed by atoms with Gasteiger partial charge in [-0.1, -0.05) is 31.5 Å². The highest BCUT2D eigenvalue weighted by atomic mass is 16.5.